The van der Waals surface area contributed by atoms with Gasteiger partial charge in [0.05, 0.1) is 0 Å². The average molecular weight is 418 g/mol. The fourth-order valence-corrected chi connectivity index (χ4v) is 4.48. The molecule has 5 nitrogen and oxygen atoms in total. The molecule has 3 rings (SSSR count). The quantitative estimate of drug-likeness (QED) is 0.770. The molecule has 0 spiro atoms. The van der Waals surface area contributed by atoms with Crippen molar-refractivity contribution in [1.82, 2.24) is 15.1 Å². The van der Waals surface area contributed by atoms with E-state index in [4.69, 9.17) is 0 Å². The summed E-state index contributed by atoms with van der Waals surface area (Å²) in [7, 11) is 0. The first-order valence-corrected chi connectivity index (χ1v) is 11.4. The molecule has 2 fully saturated rings. The lowest BCUT2D eigenvalue weighted by atomic mass is 9.92. The highest BCUT2D eigenvalue weighted by Gasteiger charge is 2.32. The second-order valence-corrected chi connectivity index (χ2v) is 9.45. The molecule has 2 aliphatic rings. The minimum absolute atomic E-state index is 0.00860. The van der Waals surface area contributed by atoms with Crippen molar-refractivity contribution in [1.29, 1.82) is 0 Å². The summed E-state index contributed by atoms with van der Waals surface area (Å²) in [6, 6.07) is 4.84. The van der Waals surface area contributed by atoms with Crippen LogP contribution < -0.4 is 5.32 Å². The zero-order valence-corrected chi connectivity index (χ0v) is 18.6. The number of hydrogen-bond acceptors (Lipinski definition) is 3. The Kier molecular flexibility index (Phi) is 7.87. The second kappa shape index (κ2) is 10.4. The number of carbonyl (C=O) groups excluding carboxylic acids is 2. The number of piperidine rings is 2. The standard InChI is InChI=1S/C24H36FN3O2/c1-17(2)22(26-23(29)20-4-6-21(25)7-5-20)24(30)28-14-10-19(11-15-28)16-27-12-8-18(3)9-13-27/h4-7,17-19,22H,8-16H2,1-3H3,(H,26,29). The summed E-state index contributed by atoms with van der Waals surface area (Å²) < 4.78 is 13.1. The minimum atomic E-state index is -0.567. The average Bonchev–Trinajstić information content (AvgIpc) is 2.74. The summed E-state index contributed by atoms with van der Waals surface area (Å²) in [4.78, 5) is 30.2. The third-order valence-electron chi connectivity index (χ3n) is 6.64. The SMILES string of the molecule is CC1CCN(CC2CCN(C(=O)C(NC(=O)c3ccc(F)cc3)C(C)C)CC2)CC1. The molecule has 2 aliphatic heterocycles. The van der Waals surface area contributed by atoms with E-state index < -0.39 is 6.04 Å². The van der Waals surface area contributed by atoms with Crippen molar-refractivity contribution in [3.05, 3.63) is 35.6 Å². The van der Waals surface area contributed by atoms with E-state index in [-0.39, 0.29) is 23.5 Å². The molecule has 1 aromatic carbocycles. The van der Waals surface area contributed by atoms with Gasteiger partial charge in [-0.25, -0.2) is 4.39 Å². The molecule has 2 amide bonds. The number of benzene rings is 1. The summed E-state index contributed by atoms with van der Waals surface area (Å²) >= 11 is 0. The van der Waals surface area contributed by atoms with Crippen LogP contribution in [0.15, 0.2) is 24.3 Å². The fraction of sp³-hybridized carbons (Fsp3) is 0.667. The Balaban J connectivity index is 1.51. The van der Waals surface area contributed by atoms with E-state index in [0.29, 0.717) is 11.5 Å². The predicted octanol–water partition coefficient (Wildman–Crippen LogP) is 3.55. The van der Waals surface area contributed by atoms with Gasteiger partial charge < -0.3 is 15.1 Å². The van der Waals surface area contributed by atoms with E-state index in [1.54, 1.807) is 0 Å². The minimum Gasteiger partial charge on any atom is -0.341 e. The summed E-state index contributed by atoms with van der Waals surface area (Å²) in [6.45, 7) is 11.3. The smallest absolute Gasteiger partial charge is 0.251 e. The molecule has 0 bridgehead atoms. The van der Waals surface area contributed by atoms with Crippen LogP contribution in [0.4, 0.5) is 4.39 Å². The first kappa shape index (κ1) is 22.7. The number of hydrogen-bond donors (Lipinski definition) is 1. The Morgan fingerprint density at radius 2 is 1.63 bits per heavy atom. The number of halogens is 1. The zero-order valence-electron chi connectivity index (χ0n) is 18.6. The number of amides is 2. The van der Waals surface area contributed by atoms with Gasteiger partial charge in [-0.2, -0.15) is 0 Å². The van der Waals surface area contributed by atoms with E-state index in [1.165, 1.54) is 50.2 Å². The van der Waals surface area contributed by atoms with Crippen molar-refractivity contribution in [3.63, 3.8) is 0 Å². The summed E-state index contributed by atoms with van der Waals surface area (Å²) in [5, 5.41) is 2.87. The molecule has 0 saturated carbocycles. The molecule has 0 aromatic heterocycles. The van der Waals surface area contributed by atoms with Crippen LogP contribution >= 0.6 is 0 Å². The highest BCUT2D eigenvalue weighted by Crippen LogP contribution is 2.23. The monoisotopic (exact) mass is 417 g/mol. The Labute approximate surface area is 180 Å². The van der Waals surface area contributed by atoms with E-state index in [9.17, 15) is 14.0 Å². The highest BCUT2D eigenvalue weighted by atomic mass is 19.1. The van der Waals surface area contributed by atoms with Crippen LogP contribution in [-0.4, -0.2) is 60.4 Å². The molecular weight excluding hydrogens is 381 g/mol. The van der Waals surface area contributed by atoms with Crippen molar-refractivity contribution < 1.29 is 14.0 Å². The van der Waals surface area contributed by atoms with E-state index in [1.807, 2.05) is 18.7 Å². The lowest BCUT2D eigenvalue weighted by Crippen LogP contribution is -2.53. The van der Waals surface area contributed by atoms with E-state index in [2.05, 4.69) is 17.1 Å². The lowest BCUT2D eigenvalue weighted by molar-refractivity contribution is -0.135. The molecule has 0 aliphatic carbocycles. The maximum absolute atomic E-state index is 13.1. The van der Waals surface area contributed by atoms with Crippen LogP contribution in [0.2, 0.25) is 0 Å². The predicted molar refractivity (Wildman–Crippen MR) is 117 cm³/mol. The molecule has 6 heteroatoms. The van der Waals surface area contributed by atoms with Gasteiger partial charge in [-0.1, -0.05) is 20.8 Å². The first-order chi connectivity index (χ1) is 14.3. The molecule has 2 saturated heterocycles. The van der Waals surface area contributed by atoms with Gasteiger partial charge in [-0.15, -0.1) is 0 Å². The molecule has 30 heavy (non-hydrogen) atoms. The molecular formula is C24H36FN3O2. The molecule has 2 heterocycles. The maximum atomic E-state index is 13.1. The second-order valence-electron chi connectivity index (χ2n) is 9.45. The van der Waals surface area contributed by atoms with Gasteiger partial charge in [0.15, 0.2) is 0 Å². The van der Waals surface area contributed by atoms with Crippen molar-refractivity contribution in [2.24, 2.45) is 17.8 Å². The third kappa shape index (κ3) is 6.03. The third-order valence-corrected chi connectivity index (χ3v) is 6.64. The van der Waals surface area contributed by atoms with Crippen LogP contribution in [0.1, 0.15) is 56.8 Å². The fourth-order valence-electron chi connectivity index (χ4n) is 4.48. The van der Waals surface area contributed by atoms with Crippen LogP contribution in [0.5, 0.6) is 0 Å². The zero-order chi connectivity index (χ0) is 21.7. The molecule has 1 N–H and O–H groups in total. The Hall–Kier alpha value is -1.95. The van der Waals surface area contributed by atoms with Gasteiger partial charge in [0.2, 0.25) is 5.91 Å². The van der Waals surface area contributed by atoms with Gasteiger partial charge in [-0.05, 0) is 80.8 Å². The van der Waals surface area contributed by atoms with Gasteiger partial charge in [0, 0.05) is 25.2 Å². The summed E-state index contributed by atoms with van der Waals surface area (Å²) in [5.74, 6) is 0.745. The van der Waals surface area contributed by atoms with Crippen molar-refractivity contribution in [2.75, 3.05) is 32.7 Å². The normalized spacial score (nSPS) is 20.4. The molecule has 1 aromatic rings. The van der Waals surface area contributed by atoms with E-state index in [0.717, 1.165) is 38.4 Å². The number of likely N-dealkylation sites (tertiary alicyclic amines) is 2. The molecule has 1 unspecified atom stereocenters. The highest BCUT2D eigenvalue weighted by molar-refractivity contribution is 5.97. The molecule has 1 atom stereocenters. The lowest BCUT2D eigenvalue weighted by Gasteiger charge is -2.38. The van der Waals surface area contributed by atoms with Crippen LogP contribution in [0.3, 0.4) is 0 Å². The Morgan fingerprint density at radius 1 is 1.03 bits per heavy atom. The van der Waals surface area contributed by atoms with Gasteiger partial charge >= 0.3 is 0 Å². The van der Waals surface area contributed by atoms with Crippen molar-refractivity contribution >= 4 is 11.8 Å². The van der Waals surface area contributed by atoms with Gasteiger partial charge in [-0.3, -0.25) is 9.59 Å². The summed E-state index contributed by atoms with van der Waals surface area (Å²) in [5.41, 5.74) is 0.365. The van der Waals surface area contributed by atoms with Gasteiger partial charge in [0.1, 0.15) is 11.9 Å². The van der Waals surface area contributed by atoms with Crippen molar-refractivity contribution in [2.45, 2.75) is 52.5 Å². The largest absolute Gasteiger partial charge is 0.341 e. The molecule has 0 radical (unpaired) electrons. The first-order valence-electron chi connectivity index (χ1n) is 11.4. The van der Waals surface area contributed by atoms with Crippen LogP contribution in [-0.2, 0) is 4.79 Å². The Bertz CT molecular complexity index is 706. The maximum Gasteiger partial charge on any atom is 0.251 e. The topological polar surface area (TPSA) is 52.6 Å². The Morgan fingerprint density at radius 3 is 2.20 bits per heavy atom. The van der Waals surface area contributed by atoms with E-state index >= 15 is 0 Å². The van der Waals surface area contributed by atoms with Crippen LogP contribution in [0, 0.1) is 23.6 Å². The molecule has 166 valence electrons. The number of nitrogens with one attached hydrogen (secondary N) is 1. The summed E-state index contributed by atoms with van der Waals surface area (Å²) in [6.07, 6.45) is 4.63. The van der Waals surface area contributed by atoms with Crippen molar-refractivity contribution in [3.8, 4) is 0 Å². The van der Waals surface area contributed by atoms with Gasteiger partial charge in [0.25, 0.3) is 5.91 Å². The van der Waals surface area contributed by atoms with Crippen LogP contribution in [0.25, 0.3) is 0 Å². The number of carbonyl (C=O) groups is 2. The number of nitrogens with zero attached hydrogens (tertiary/aromatic N) is 2. The number of rotatable bonds is 6.